The van der Waals surface area contributed by atoms with E-state index in [-0.39, 0.29) is 0 Å². The monoisotopic (exact) mass is 430 g/mol. The summed E-state index contributed by atoms with van der Waals surface area (Å²) in [5, 5.41) is 1.77. The molecule has 0 atom stereocenters. The molecule has 0 aliphatic rings. The molecule has 174 valence electrons. The van der Waals surface area contributed by atoms with E-state index in [0.717, 1.165) is 25.1 Å². The van der Waals surface area contributed by atoms with E-state index in [1.165, 1.54) is 0 Å². The summed E-state index contributed by atoms with van der Waals surface area (Å²) in [5.41, 5.74) is 7.33. The largest absolute Gasteiger partial charge is 0.495 e. The second-order valence-electron chi connectivity index (χ2n) is 6.39. The van der Waals surface area contributed by atoms with E-state index in [1.807, 2.05) is 12.1 Å². The van der Waals surface area contributed by atoms with Gasteiger partial charge >= 0.3 is 0 Å². The number of hydrogen-bond donors (Lipinski definition) is 1. The highest BCUT2D eigenvalue weighted by Gasteiger charge is 2.10. The Labute approximate surface area is 180 Å². The van der Waals surface area contributed by atoms with Gasteiger partial charge in [-0.3, -0.25) is 9.90 Å². The normalized spacial score (nSPS) is 11.0. The van der Waals surface area contributed by atoms with Crippen molar-refractivity contribution in [2.45, 2.75) is 12.8 Å². The lowest BCUT2D eigenvalue weighted by atomic mass is 10.2. The zero-order chi connectivity index (χ0) is 21.9. The van der Waals surface area contributed by atoms with Gasteiger partial charge in [-0.1, -0.05) is 0 Å². The molecule has 0 aromatic heterocycles. The highest BCUT2D eigenvalue weighted by atomic mass is 16.7. The molecular weight excluding hydrogens is 392 g/mol. The third kappa shape index (κ3) is 12.2. The van der Waals surface area contributed by atoms with Gasteiger partial charge in [-0.25, -0.2) is 0 Å². The summed E-state index contributed by atoms with van der Waals surface area (Å²) in [6, 6.07) is 5.52. The number of nitrogen functional groups attached to an aromatic ring is 1. The molecule has 2 N–H and O–H groups in total. The van der Waals surface area contributed by atoms with Crippen molar-refractivity contribution in [1.29, 1.82) is 0 Å². The van der Waals surface area contributed by atoms with Gasteiger partial charge in [0, 0.05) is 33.5 Å². The van der Waals surface area contributed by atoms with Gasteiger partial charge in [-0.15, -0.1) is 0 Å². The van der Waals surface area contributed by atoms with Crippen molar-refractivity contribution in [2.75, 3.05) is 98.1 Å². The Morgan fingerprint density at radius 2 is 1.37 bits per heavy atom. The summed E-state index contributed by atoms with van der Waals surface area (Å²) in [6.07, 6.45) is 1.95. The van der Waals surface area contributed by atoms with E-state index >= 15 is 0 Å². The second kappa shape index (κ2) is 18.2. The van der Waals surface area contributed by atoms with Crippen molar-refractivity contribution >= 4 is 11.4 Å². The Kier molecular flexibility index (Phi) is 16.0. The average molecular weight is 431 g/mol. The molecule has 0 saturated carbocycles. The molecule has 1 rings (SSSR count). The number of nitrogens with two attached hydrogens (primary N) is 1. The van der Waals surface area contributed by atoms with Gasteiger partial charge in [-0.2, -0.15) is 0 Å². The molecule has 0 radical (unpaired) electrons. The summed E-state index contributed by atoms with van der Waals surface area (Å²) in [6.45, 7) is 5.57. The fraction of sp³-hybridized carbons (Fsp3) is 0.714. The van der Waals surface area contributed by atoms with Crippen LogP contribution in [0.2, 0.25) is 0 Å². The number of ether oxygens (including phenoxy) is 6. The summed E-state index contributed by atoms with van der Waals surface area (Å²) >= 11 is 0. The molecular formula is C21H38N2O7. The molecule has 0 fully saturated rings. The first-order valence-electron chi connectivity index (χ1n) is 10.3. The van der Waals surface area contributed by atoms with Gasteiger partial charge in [0.15, 0.2) is 0 Å². The number of hydrogen-bond acceptors (Lipinski definition) is 9. The zero-order valence-electron chi connectivity index (χ0n) is 18.6. The van der Waals surface area contributed by atoms with Crippen molar-refractivity contribution in [1.82, 2.24) is 0 Å². The molecule has 0 unspecified atom stereocenters. The Morgan fingerprint density at radius 3 is 2.10 bits per heavy atom. The van der Waals surface area contributed by atoms with Gasteiger partial charge < -0.3 is 34.2 Å². The van der Waals surface area contributed by atoms with Crippen molar-refractivity contribution in [2.24, 2.45) is 0 Å². The van der Waals surface area contributed by atoms with Gasteiger partial charge in [0.25, 0.3) is 0 Å². The molecule has 30 heavy (non-hydrogen) atoms. The smallest absolute Gasteiger partial charge is 0.143 e. The van der Waals surface area contributed by atoms with Crippen LogP contribution < -0.4 is 15.5 Å². The van der Waals surface area contributed by atoms with Gasteiger partial charge in [0.05, 0.1) is 71.3 Å². The topological polar surface area (TPSA) is 93.9 Å². The molecule has 9 heteroatoms. The number of nitrogens with zero attached hydrogens (tertiary/aromatic N) is 1. The molecule has 1 aromatic carbocycles. The van der Waals surface area contributed by atoms with Crippen molar-refractivity contribution < 1.29 is 33.3 Å². The van der Waals surface area contributed by atoms with E-state index in [0.29, 0.717) is 70.8 Å². The molecule has 0 aliphatic heterocycles. The maximum atomic E-state index is 5.92. The number of hydroxylamine groups is 1. The van der Waals surface area contributed by atoms with E-state index in [9.17, 15) is 0 Å². The molecule has 0 amide bonds. The Hall–Kier alpha value is -1.62. The standard InChI is InChI=1S/C21H38N2O7/c1-24-9-4-5-10-27-16-17-30-23(8-11-28-14-15-29-13-12-25-2)19-6-7-20(22)21(18-19)26-3/h6-7,18H,4-5,8-17,22H2,1-3H3. The van der Waals surface area contributed by atoms with Crippen LogP contribution in [0.4, 0.5) is 11.4 Å². The van der Waals surface area contributed by atoms with Crippen LogP contribution in [0, 0.1) is 0 Å². The molecule has 0 bridgehead atoms. The SMILES string of the molecule is COCCCCOCCON(CCOCCOCCOC)c1ccc(N)c(OC)c1. The summed E-state index contributed by atoms with van der Waals surface area (Å²) in [5.74, 6) is 0.600. The molecule has 1 aromatic rings. The molecule has 0 heterocycles. The summed E-state index contributed by atoms with van der Waals surface area (Å²) in [7, 11) is 4.94. The maximum absolute atomic E-state index is 5.92. The van der Waals surface area contributed by atoms with Crippen LogP contribution in [0.15, 0.2) is 18.2 Å². The minimum Gasteiger partial charge on any atom is -0.495 e. The molecule has 0 saturated heterocycles. The molecule has 0 aliphatic carbocycles. The first-order chi connectivity index (χ1) is 14.7. The van der Waals surface area contributed by atoms with Crippen LogP contribution in [0.1, 0.15) is 12.8 Å². The lowest BCUT2D eigenvalue weighted by Crippen LogP contribution is -2.30. The lowest BCUT2D eigenvalue weighted by Gasteiger charge is -2.24. The highest BCUT2D eigenvalue weighted by molar-refractivity contribution is 5.61. The van der Waals surface area contributed by atoms with Crippen LogP contribution in [0.3, 0.4) is 0 Å². The third-order valence-corrected chi connectivity index (χ3v) is 4.11. The van der Waals surface area contributed by atoms with Crippen LogP contribution in [0.5, 0.6) is 5.75 Å². The minimum atomic E-state index is 0.428. The fourth-order valence-corrected chi connectivity index (χ4v) is 2.49. The Bertz CT molecular complexity index is 514. The van der Waals surface area contributed by atoms with Gasteiger partial charge in [0.1, 0.15) is 5.75 Å². The number of unbranched alkanes of at least 4 members (excludes halogenated alkanes) is 1. The van der Waals surface area contributed by atoms with Crippen LogP contribution in [-0.2, 0) is 28.5 Å². The first kappa shape index (κ1) is 26.4. The number of anilines is 2. The van der Waals surface area contributed by atoms with Crippen LogP contribution in [0.25, 0.3) is 0 Å². The summed E-state index contributed by atoms with van der Waals surface area (Å²) in [4.78, 5) is 5.91. The van der Waals surface area contributed by atoms with Crippen molar-refractivity contribution in [3.05, 3.63) is 18.2 Å². The summed E-state index contributed by atoms with van der Waals surface area (Å²) < 4.78 is 31.9. The van der Waals surface area contributed by atoms with E-state index in [1.54, 1.807) is 32.5 Å². The van der Waals surface area contributed by atoms with E-state index < -0.39 is 0 Å². The highest BCUT2D eigenvalue weighted by Crippen LogP contribution is 2.27. The quantitative estimate of drug-likeness (QED) is 0.190. The van der Waals surface area contributed by atoms with Crippen molar-refractivity contribution in [3.63, 3.8) is 0 Å². The Morgan fingerprint density at radius 1 is 0.733 bits per heavy atom. The lowest BCUT2D eigenvalue weighted by molar-refractivity contribution is 0.00927. The van der Waals surface area contributed by atoms with E-state index in [4.69, 9.17) is 39.0 Å². The van der Waals surface area contributed by atoms with Gasteiger partial charge in [0.2, 0.25) is 0 Å². The third-order valence-electron chi connectivity index (χ3n) is 4.11. The number of rotatable bonds is 20. The minimum absolute atomic E-state index is 0.428. The second-order valence-corrected chi connectivity index (χ2v) is 6.39. The molecule has 0 spiro atoms. The zero-order valence-corrected chi connectivity index (χ0v) is 18.6. The van der Waals surface area contributed by atoms with Crippen molar-refractivity contribution in [3.8, 4) is 5.75 Å². The molecule has 9 nitrogen and oxygen atoms in total. The fourth-order valence-electron chi connectivity index (χ4n) is 2.49. The van der Waals surface area contributed by atoms with Crippen LogP contribution >= 0.6 is 0 Å². The van der Waals surface area contributed by atoms with Gasteiger partial charge in [-0.05, 0) is 25.0 Å². The average Bonchev–Trinajstić information content (AvgIpc) is 2.76. The van der Waals surface area contributed by atoms with E-state index in [2.05, 4.69) is 0 Å². The predicted molar refractivity (Wildman–Crippen MR) is 116 cm³/mol. The first-order valence-corrected chi connectivity index (χ1v) is 10.3. The number of benzene rings is 1. The van der Waals surface area contributed by atoms with Crippen LogP contribution in [-0.4, -0.2) is 87.3 Å². The Balaban J connectivity index is 2.40. The number of methoxy groups -OCH3 is 3. The predicted octanol–water partition coefficient (Wildman–Crippen LogP) is 2.14. The maximum Gasteiger partial charge on any atom is 0.143 e.